The lowest BCUT2D eigenvalue weighted by Crippen LogP contribution is -2.14. The van der Waals surface area contributed by atoms with Gasteiger partial charge in [-0.2, -0.15) is 0 Å². The molecule has 1 aromatic heterocycles. The van der Waals surface area contributed by atoms with Crippen LogP contribution in [0, 0.1) is 0 Å². The van der Waals surface area contributed by atoms with Crippen LogP contribution in [-0.2, 0) is 0 Å². The van der Waals surface area contributed by atoms with E-state index in [0.29, 0.717) is 5.69 Å². The number of carbonyl (C=O) groups is 1. The topological polar surface area (TPSA) is 54.0 Å². The molecule has 4 nitrogen and oxygen atoms in total. The summed E-state index contributed by atoms with van der Waals surface area (Å²) in [4.78, 5) is 16.2. The summed E-state index contributed by atoms with van der Waals surface area (Å²) >= 11 is 3.37. The van der Waals surface area contributed by atoms with E-state index >= 15 is 0 Å². The van der Waals surface area contributed by atoms with E-state index < -0.39 is 0 Å². The van der Waals surface area contributed by atoms with Crippen LogP contribution < -0.4 is 10.6 Å². The number of halogens is 1. The Morgan fingerprint density at radius 3 is 2.85 bits per heavy atom. The highest BCUT2D eigenvalue weighted by molar-refractivity contribution is 9.10. The van der Waals surface area contributed by atoms with Crippen molar-refractivity contribution in [3.8, 4) is 0 Å². The van der Waals surface area contributed by atoms with Gasteiger partial charge in [0.15, 0.2) is 0 Å². The molecule has 0 saturated carbocycles. The van der Waals surface area contributed by atoms with Crippen LogP contribution in [0.3, 0.4) is 0 Å². The molecule has 5 heteroatoms. The van der Waals surface area contributed by atoms with E-state index in [1.54, 1.807) is 12.3 Å². The third-order valence-corrected chi connectivity index (χ3v) is 3.15. The molecule has 0 radical (unpaired) electrons. The molecule has 0 fully saturated rings. The van der Waals surface area contributed by atoms with E-state index in [-0.39, 0.29) is 5.91 Å². The number of aromatic nitrogens is 1. The maximum absolute atomic E-state index is 12.1. The predicted molar refractivity (Wildman–Crippen MR) is 85.1 cm³/mol. The summed E-state index contributed by atoms with van der Waals surface area (Å²) < 4.78 is 0.918. The highest BCUT2D eigenvalue weighted by Crippen LogP contribution is 2.16. The number of nitrogens with one attached hydrogen (secondary N) is 2. The summed E-state index contributed by atoms with van der Waals surface area (Å²) in [5, 5.41) is 6.06. The van der Waals surface area contributed by atoms with E-state index in [0.717, 1.165) is 28.8 Å². The van der Waals surface area contributed by atoms with Crippen LogP contribution in [0.15, 0.2) is 47.1 Å². The highest BCUT2D eigenvalue weighted by Gasteiger charge is 2.08. The maximum Gasteiger partial charge on any atom is 0.274 e. The fraction of sp³-hybridized carbons (Fsp3) is 0.200. The van der Waals surface area contributed by atoms with Crippen LogP contribution in [0.4, 0.5) is 11.4 Å². The van der Waals surface area contributed by atoms with E-state index in [4.69, 9.17) is 0 Å². The van der Waals surface area contributed by atoms with Crippen molar-refractivity contribution in [1.82, 2.24) is 4.98 Å². The van der Waals surface area contributed by atoms with Crippen molar-refractivity contribution in [3.63, 3.8) is 0 Å². The summed E-state index contributed by atoms with van der Waals surface area (Å²) in [7, 11) is 0. The van der Waals surface area contributed by atoms with Crippen LogP contribution in [0.1, 0.15) is 23.8 Å². The molecular formula is C15H16BrN3O. The van der Waals surface area contributed by atoms with Gasteiger partial charge in [-0.15, -0.1) is 0 Å². The number of carbonyl (C=O) groups excluding carboxylic acids is 1. The van der Waals surface area contributed by atoms with Gasteiger partial charge < -0.3 is 10.6 Å². The monoisotopic (exact) mass is 333 g/mol. The molecule has 0 aliphatic carbocycles. The Labute approximate surface area is 126 Å². The van der Waals surface area contributed by atoms with Crippen molar-refractivity contribution in [2.75, 3.05) is 17.2 Å². The van der Waals surface area contributed by atoms with Crippen molar-refractivity contribution >= 4 is 33.2 Å². The van der Waals surface area contributed by atoms with Gasteiger partial charge >= 0.3 is 0 Å². The lowest BCUT2D eigenvalue weighted by Gasteiger charge is -2.08. The number of anilines is 2. The second-order valence-corrected chi connectivity index (χ2v) is 5.24. The molecule has 2 N–H and O–H groups in total. The highest BCUT2D eigenvalue weighted by atomic mass is 79.9. The standard InChI is InChI=1S/C15H16BrN3O/c1-2-7-17-12-6-8-18-14(10-12)15(20)19-13-5-3-4-11(16)9-13/h3-6,8-10H,2,7H2,1H3,(H,17,18)(H,19,20). The van der Waals surface area contributed by atoms with Crippen LogP contribution >= 0.6 is 15.9 Å². The average Bonchev–Trinajstić information content (AvgIpc) is 2.45. The summed E-state index contributed by atoms with van der Waals surface area (Å²) in [6.45, 7) is 2.96. The van der Waals surface area contributed by atoms with Gasteiger partial charge in [-0.05, 0) is 36.8 Å². The Bertz CT molecular complexity index is 601. The van der Waals surface area contributed by atoms with Crippen LogP contribution in [0.2, 0.25) is 0 Å². The number of hydrogen-bond acceptors (Lipinski definition) is 3. The molecular weight excluding hydrogens is 318 g/mol. The third-order valence-electron chi connectivity index (χ3n) is 2.65. The van der Waals surface area contributed by atoms with Crippen molar-refractivity contribution < 1.29 is 4.79 Å². The first-order chi connectivity index (χ1) is 9.69. The minimum atomic E-state index is -0.219. The van der Waals surface area contributed by atoms with Crippen molar-refractivity contribution in [1.29, 1.82) is 0 Å². The summed E-state index contributed by atoms with van der Waals surface area (Å²) in [5.41, 5.74) is 2.03. The van der Waals surface area contributed by atoms with Crippen molar-refractivity contribution in [3.05, 3.63) is 52.8 Å². The van der Waals surface area contributed by atoms with Gasteiger partial charge in [-0.3, -0.25) is 9.78 Å². The Kier molecular flexibility index (Phi) is 5.12. The summed E-state index contributed by atoms with van der Waals surface area (Å²) in [6.07, 6.45) is 2.66. The first-order valence-corrected chi connectivity index (χ1v) is 7.25. The first kappa shape index (κ1) is 14.5. The Morgan fingerprint density at radius 2 is 2.10 bits per heavy atom. The maximum atomic E-state index is 12.1. The van der Waals surface area contributed by atoms with Gasteiger partial charge in [-0.25, -0.2) is 0 Å². The second-order valence-electron chi connectivity index (χ2n) is 4.32. The fourth-order valence-corrected chi connectivity index (χ4v) is 2.09. The van der Waals surface area contributed by atoms with Crippen LogP contribution in [0.5, 0.6) is 0 Å². The number of benzene rings is 1. The van der Waals surface area contributed by atoms with Crippen LogP contribution in [0.25, 0.3) is 0 Å². The SMILES string of the molecule is CCCNc1ccnc(C(=O)Nc2cccc(Br)c2)c1. The molecule has 1 aromatic carbocycles. The number of hydrogen-bond donors (Lipinski definition) is 2. The Balaban J connectivity index is 2.09. The Morgan fingerprint density at radius 1 is 1.25 bits per heavy atom. The lowest BCUT2D eigenvalue weighted by atomic mass is 10.2. The summed E-state index contributed by atoms with van der Waals surface area (Å²) in [5.74, 6) is -0.219. The van der Waals surface area contributed by atoms with E-state index in [1.807, 2.05) is 30.3 Å². The van der Waals surface area contributed by atoms with Gasteiger partial charge in [0.1, 0.15) is 5.69 Å². The smallest absolute Gasteiger partial charge is 0.274 e. The third kappa shape index (κ3) is 4.06. The molecule has 1 heterocycles. The number of rotatable bonds is 5. The lowest BCUT2D eigenvalue weighted by molar-refractivity contribution is 0.102. The molecule has 2 rings (SSSR count). The molecule has 20 heavy (non-hydrogen) atoms. The van der Waals surface area contributed by atoms with E-state index in [2.05, 4.69) is 38.5 Å². The zero-order valence-corrected chi connectivity index (χ0v) is 12.8. The number of pyridine rings is 1. The molecule has 104 valence electrons. The van der Waals surface area contributed by atoms with Crippen molar-refractivity contribution in [2.45, 2.75) is 13.3 Å². The molecule has 0 bridgehead atoms. The van der Waals surface area contributed by atoms with Gasteiger partial charge in [0.25, 0.3) is 5.91 Å². The zero-order valence-electron chi connectivity index (χ0n) is 11.2. The molecule has 0 atom stereocenters. The van der Waals surface area contributed by atoms with Crippen LogP contribution in [-0.4, -0.2) is 17.4 Å². The quantitative estimate of drug-likeness (QED) is 0.871. The fourth-order valence-electron chi connectivity index (χ4n) is 1.70. The Hall–Kier alpha value is -1.88. The molecule has 1 amide bonds. The van der Waals surface area contributed by atoms with Crippen molar-refractivity contribution in [2.24, 2.45) is 0 Å². The predicted octanol–water partition coefficient (Wildman–Crippen LogP) is 3.92. The largest absolute Gasteiger partial charge is 0.385 e. The number of nitrogens with zero attached hydrogens (tertiary/aromatic N) is 1. The first-order valence-electron chi connectivity index (χ1n) is 6.46. The van der Waals surface area contributed by atoms with Gasteiger partial charge in [0.2, 0.25) is 0 Å². The van der Waals surface area contributed by atoms with Gasteiger partial charge in [0, 0.05) is 28.6 Å². The average molecular weight is 334 g/mol. The molecule has 0 saturated heterocycles. The van der Waals surface area contributed by atoms with Gasteiger partial charge in [-0.1, -0.05) is 28.9 Å². The zero-order chi connectivity index (χ0) is 14.4. The molecule has 0 aliphatic rings. The minimum Gasteiger partial charge on any atom is -0.385 e. The molecule has 0 unspecified atom stereocenters. The second kappa shape index (κ2) is 7.05. The van der Waals surface area contributed by atoms with E-state index in [9.17, 15) is 4.79 Å². The molecule has 0 aliphatic heterocycles. The van der Waals surface area contributed by atoms with E-state index in [1.165, 1.54) is 0 Å². The normalized spacial score (nSPS) is 10.1. The molecule has 2 aromatic rings. The molecule has 0 spiro atoms. The van der Waals surface area contributed by atoms with Gasteiger partial charge in [0.05, 0.1) is 0 Å². The minimum absolute atomic E-state index is 0.219. The summed E-state index contributed by atoms with van der Waals surface area (Å²) in [6, 6.07) is 11.1. The number of amides is 1.